The first-order valence-electron chi connectivity index (χ1n) is 5.01. The van der Waals surface area contributed by atoms with Gasteiger partial charge < -0.3 is 4.74 Å². The van der Waals surface area contributed by atoms with Crippen LogP contribution in [-0.4, -0.2) is 9.91 Å². The molecule has 20 heavy (non-hydrogen) atoms. The molecule has 5 nitrogen and oxygen atoms in total. The smallest absolute Gasteiger partial charge is 0.271 e. The predicted molar refractivity (Wildman–Crippen MR) is 88.2 cm³/mol. The lowest BCUT2D eigenvalue weighted by Crippen LogP contribution is -1.94. The monoisotopic (exact) mass is 528 g/mol. The number of non-ortho nitro benzene ring substituents is 1. The van der Waals surface area contributed by atoms with Crippen LogP contribution in [0.2, 0.25) is 0 Å². The Bertz CT molecular complexity index is 670. The van der Waals surface area contributed by atoms with E-state index in [0.717, 1.165) is 4.47 Å². The summed E-state index contributed by atoms with van der Waals surface area (Å²) in [6.07, 6.45) is 1.59. The van der Waals surface area contributed by atoms with Crippen LogP contribution in [0.15, 0.2) is 42.3 Å². The summed E-state index contributed by atoms with van der Waals surface area (Å²) >= 11 is 13.1. The van der Waals surface area contributed by atoms with Gasteiger partial charge >= 0.3 is 0 Å². The van der Waals surface area contributed by atoms with Crippen molar-refractivity contribution < 1.29 is 9.66 Å². The molecule has 0 unspecified atom stereocenters. The third kappa shape index (κ3) is 3.57. The third-order valence-electron chi connectivity index (χ3n) is 2.17. The SMILES string of the molecule is O=[N+]([O-])c1cc(Br)c(Oc2ncc(Br)cc2Br)c(Br)c1. The predicted octanol–water partition coefficient (Wildman–Crippen LogP) is 5.83. The number of nitro benzene ring substituents is 1. The molecule has 0 spiro atoms. The number of aromatic nitrogens is 1. The molecule has 0 amide bonds. The van der Waals surface area contributed by atoms with Crippen molar-refractivity contribution in [3.63, 3.8) is 0 Å². The lowest BCUT2D eigenvalue weighted by atomic mass is 10.3. The minimum atomic E-state index is -0.479. The highest BCUT2D eigenvalue weighted by molar-refractivity contribution is 9.11. The summed E-state index contributed by atoms with van der Waals surface area (Å²) in [7, 11) is 0. The molecule has 0 aliphatic rings. The van der Waals surface area contributed by atoms with Gasteiger partial charge in [0.1, 0.15) is 0 Å². The second-order valence-corrected chi connectivity index (χ2v) is 7.02. The van der Waals surface area contributed by atoms with Crippen LogP contribution in [0.4, 0.5) is 5.69 Å². The molecule has 0 bridgehead atoms. The van der Waals surface area contributed by atoms with Gasteiger partial charge in [-0.1, -0.05) is 0 Å². The third-order valence-corrected chi connectivity index (χ3v) is 4.35. The molecule has 1 aromatic carbocycles. The molecule has 1 heterocycles. The van der Waals surface area contributed by atoms with Gasteiger partial charge in [-0.15, -0.1) is 0 Å². The van der Waals surface area contributed by atoms with Gasteiger partial charge in [0.2, 0.25) is 5.88 Å². The van der Waals surface area contributed by atoms with Gasteiger partial charge in [0, 0.05) is 22.8 Å². The van der Waals surface area contributed by atoms with E-state index < -0.39 is 4.92 Å². The molecule has 2 aromatic rings. The molecule has 0 saturated heterocycles. The summed E-state index contributed by atoms with van der Waals surface area (Å²) in [6, 6.07) is 4.52. The van der Waals surface area contributed by atoms with Crippen LogP contribution in [0.3, 0.4) is 0 Å². The summed E-state index contributed by atoms with van der Waals surface area (Å²) in [4.78, 5) is 14.4. The van der Waals surface area contributed by atoms with E-state index in [-0.39, 0.29) is 5.69 Å². The van der Waals surface area contributed by atoms with Crippen LogP contribution in [0.5, 0.6) is 11.6 Å². The molecule has 2 rings (SSSR count). The van der Waals surface area contributed by atoms with Crippen LogP contribution >= 0.6 is 63.7 Å². The average Bonchev–Trinajstić information content (AvgIpc) is 2.35. The number of hydrogen-bond donors (Lipinski definition) is 0. The second-order valence-electron chi connectivity index (χ2n) is 3.54. The van der Waals surface area contributed by atoms with E-state index in [1.54, 1.807) is 12.3 Å². The molecule has 0 saturated carbocycles. The zero-order valence-electron chi connectivity index (χ0n) is 9.44. The van der Waals surface area contributed by atoms with Gasteiger partial charge in [0.15, 0.2) is 5.75 Å². The number of halogens is 4. The Morgan fingerprint density at radius 2 is 1.65 bits per heavy atom. The van der Waals surface area contributed by atoms with Crippen LogP contribution in [0.1, 0.15) is 0 Å². The van der Waals surface area contributed by atoms with Crippen molar-refractivity contribution in [3.8, 4) is 11.6 Å². The van der Waals surface area contributed by atoms with E-state index in [9.17, 15) is 10.1 Å². The highest BCUT2D eigenvalue weighted by atomic mass is 79.9. The summed E-state index contributed by atoms with van der Waals surface area (Å²) < 4.78 is 8.03. The van der Waals surface area contributed by atoms with Crippen molar-refractivity contribution in [3.05, 3.63) is 52.4 Å². The van der Waals surface area contributed by atoms with Crippen molar-refractivity contribution in [1.29, 1.82) is 0 Å². The fraction of sp³-hybridized carbons (Fsp3) is 0. The number of benzene rings is 1. The molecule has 0 fully saturated rings. The van der Waals surface area contributed by atoms with Crippen LogP contribution < -0.4 is 4.74 Å². The highest BCUT2D eigenvalue weighted by Crippen LogP contribution is 2.41. The summed E-state index contributed by atoms with van der Waals surface area (Å²) in [6.45, 7) is 0. The lowest BCUT2D eigenvalue weighted by Gasteiger charge is -2.10. The molecule has 1 aromatic heterocycles. The largest absolute Gasteiger partial charge is 0.435 e. The zero-order valence-corrected chi connectivity index (χ0v) is 15.8. The van der Waals surface area contributed by atoms with Gasteiger partial charge in [-0.2, -0.15) is 0 Å². The summed E-state index contributed by atoms with van der Waals surface area (Å²) in [5.74, 6) is 0.759. The van der Waals surface area contributed by atoms with Crippen LogP contribution in [0.25, 0.3) is 0 Å². The molecule has 9 heteroatoms. The molecule has 104 valence electrons. The van der Waals surface area contributed by atoms with E-state index in [0.29, 0.717) is 25.0 Å². The number of rotatable bonds is 3. The van der Waals surface area contributed by atoms with Crippen molar-refractivity contribution >= 4 is 69.4 Å². The molecular formula is C11H4Br4N2O3. The van der Waals surface area contributed by atoms with E-state index in [1.807, 2.05) is 0 Å². The molecule has 0 aliphatic carbocycles. The van der Waals surface area contributed by atoms with Gasteiger partial charge in [-0.25, -0.2) is 4.98 Å². The summed E-state index contributed by atoms with van der Waals surface area (Å²) in [5.41, 5.74) is -0.0427. The van der Waals surface area contributed by atoms with Gasteiger partial charge in [-0.05, 0) is 69.8 Å². The first kappa shape index (κ1) is 15.9. The highest BCUT2D eigenvalue weighted by Gasteiger charge is 2.17. The maximum atomic E-state index is 10.8. The topological polar surface area (TPSA) is 65.3 Å². The minimum absolute atomic E-state index is 0.0427. The number of nitro groups is 1. The van der Waals surface area contributed by atoms with E-state index in [4.69, 9.17) is 4.74 Å². The number of nitrogens with zero attached hydrogens (tertiary/aromatic N) is 2. The Morgan fingerprint density at radius 3 is 2.15 bits per heavy atom. The lowest BCUT2D eigenvalue weighted by molar-refractivity contribution is -0.385. The van der Waals surface area contributed by atoms with Crippen molar-refractivity contribution in [2.45, 2.75) is 0 Å². The molecule has 0 N–H and O–H groups in total. The van der Waals surface area contributed by atoms with Gasteiger partial charge in [-0.3, -0.25) is 10.1 Å². The maximum absolute atomic E-state index is 10.8. The number of pyridine rings is 1. The second kappa shape index (κ2) is 6.50. The quantitative estimate of drug-likeness (QED) is 0.369. The Morgan fingerprint density at radius 1 is 1.05 bits per heavy atom. The fourth-order valence-electron chi connectivity index (χ4n) is 1.32. The zero-order chi connectivity index (χ0) is 14.9. The fourth-order valence-corrected chi connectivity index (χ4v) is 3.72. The Kier molecular flexibility index (Phi) is 5.16. The van der Waals surface area contributed by atoms with Gasteiger partial charge in [0.05, 0.1) is 18.3 Å². The number of ether oxygens (including phenoxy) is 1. The molecule has 0 atom stereocenters. The molecule has 0 radical (unpaired) electrons. The summed E-state index contributed by atoms with van der Waals surface area (Å²) in [5, 5.41) is 10.8. The van der Waals surface area contributed by atoms with E-state index >= 15 is 0 Å². The van der Waals surface area contributed by atoms with Crippen molar-refractivity contribution in [2.24, 2.45) is 0 Å². The molecule has 0 aliphatic heterocycles. The van der Waals surface area contributed by atoms with E-state index in [1.165, 1.54) is 12.1 Å². The standard InChI is InChI=1S/C11H4Br4N2O3/c12-5-1-9(15)11(16-4-5)20-10-7(13)2-6(17(18)19)3-8(10)14/h1-4H. The Labute approximate surface area is 147 Å². The van der Waals surface area contributed by atoms with Crippen molar-refractivity contribution in [2.75, 3.05) is 0 Å². The molecular weight excluding hydrogens is 528 g/mol. The van der Waals surface area contributed by atoms with Crippen LogP contribution in [-0.2, 0) is 0 Å². The first-order chi connectivity index (χ1) is 9.38. The maximum Gasteiger partial charge on any atom is 0.271 e. The van der Waals surface area contributed by atoms with Gasteiger partial charge in [0.25, 0.3) is 5.69 Å². The van der Waals surface area contributed by atoms with E-state index in [2.05, 4.69) is 68.7 Å². The Balaban J connectivity index is 2.41. The number of hydrogen-bond acceptors (Lipinski definition) is 4. The minimum Gasteiger partial charge on any atom is -0.435 e. The first-order valence-corrected chi connectivity index (χ1v) is 8.18. The Hall–Kier alpha value is -0.510. The normalized spacial score (nSPS) is 10.4. The van der Waals surface area contributed by atoms with Crippen LogP contribution in [0, 0.1) is 10.1 Å². The van der Waals surface area contributed by atoms with Crippen molar-refractivity contribution in [1.82, 2.24) is 4.98 Å². The average molecular weight is 532 g/mol.